The van der Waals surface area contributed by atoms with Crippen LogP contribution in [-0.2, 0) is 24.3 Å². The summed E-state index contributed by atoms with van der Waals surface area (Å²) >= 11 is 5.74. The molecule has 0 aromatic heterocycles. The summed E-state index contributed by atoms with van der Waals surface area (Å²) in [6.45, 7) is -0.897. The number of ether oxygens (including phenoxy) is 1. The van der Waals surface area contributed by atoms with Crippen molar-refractivity contribution in [3.63, 3.8) is 0 Å². The lowest BCUT2D eigenvalue weighted by Crippen LogP contribution is -2.38. The second-order valence-electron chi connectivity index (χ2n) is 5.92. The Morgan fingerprint density at radius 2 is 1.84 bits per heavy atom. The summed E-state index contributed by atoms with van der Waals surface area (Å²) in [5.41, 5.74) is 0. The average Bonchev–Trinajstić information content (AvgIpc) is 3.06. The standard InChI is InChI=1S/C16H21ClN2O5S/c1-19(25(22,23)14-8-6-12(17)7-9-14)10-16(21)24-11-15(20)18-13-4-2-3-5-13/h6-9,13H,2-5,10-11H2,1H3,(H,18,20). The van der Waals surface area contributed by atoms with Gasteiger partial charge in [0, 0.05) is 18.1 Å². The van der Waals surface area contributed by atoms with E-state index in [-0.39, 0.29) is 16.8 Å². The van der Waals surface area contributed by atoms with Crippen LogP contribution in [0, 0.1) is 0 Å². The lowest BCUT2D eigenvalue weighted by molar-refractivity contribution is -0.148. The van der Waals surface area contributed by atoms with Gasteiger partial charge in [0.05, 0.1) is 4.90 Å². The maximum Gasteiger partial charge on any atom is 0.321 e. The van der Waals surface area contributed by atoms with Gasteiger partial charge in [-0.2, -0.15) is 4.31 Å². The molecule has 0 spiro atoms. The molecule has 138 valence electrons. The number of hydrogen-bond acceptors (Lipinski definition) is 5. The van der Waals surface area contributed by atoms with Crippen molar-refractivity contribution in [3.8, 4) is 0 Å². The van der Waals surface area contributed by atoms with Crippen molar-refractivity contribution >= 4 is 33.5 Å². The third kappa shape index (κ3) is 5.69. The zero-order chi connectivity index (χ0) is 18.4. The molecule has 9 heteroatoms. The molecule has 1 N–H and O–H groups in total. The first-order valence-corrected chi connectivity index (χ1v) is 9.78. The van der Waals surface area contributed by atoms with E-state index in [0.29, 0.717) is 5.02 Å². The number of esters is 1. The molecule has 0 radical (unpaired) electrons. The number of likely N-dealkylation sites (N-methyl/N-ethyl adjacent to an activating group) is 1. The average molecular weight is 389 g/mol. The largest absolute Gasteiger partial charge is 0.455 e. The summed E-state index contributed by atoms with van der Waals surface area (Å²) < 4.78 is 30.4. The predicted molar refractivity (Wildman–Crippen MR) is 92.6 cm³/mol. The van der Waals surface area contributed by atoms with Gasteiger partial charge in [0.2, 0.25) is 10.0 Å². The van der Waals surface area contributed by atoms with Crippen LogP contribution in [0.25, 0.3) is 0 Å². The van der Waals surface area contributed by atoms with Gasteiger partial charge in [-0.1, -0.05) is 24.4 Å². The van der Waals surface area contributed by atoms with Crippen molar-refractivity contribution in [2.45, 2.75) is 36.6 Å². The van der Waals surface area contributed by atoms with Gasteiger partial charge in [-0.15, -0.1) is 0 Å². The highest BCUT2D eigenvalue weighted by atomic mass is 35.5. The topological polar surface area (TPSA) is 92.8 Å². The second-order valence-corrected chi connectivity index (χ2v) is 8.41. The van der Waals surface area contributed by atoms with Crippen LogP contribution >= 0.6 is 11.6 Å². The Hall–Kier alpha value is -1.64. The number of sulfonamides is 1. The quantitative estimate of drug-likeness (QED) is 0.715. The molecule has 1 saturated carbocycles. The summed E-state index contributed by atoms with van der Waals surface area (Å²) in [7, 11) is -2.57. The Balaban J connectivity index is 1.82. The number of nitrogens with zero attached hydrogens (tertiary/aromatic N) is 1. The van der Waals surface area contributed by atoms with E-state index in [1.54, 1.807) is 0 Å². The van der Waals surface area contributed by atoms with Crippen LogP contribution in [0.4, 0.5) is 0 Å². The van der Waals surface area contributed by atoms with Crippen LogP contribution in [0.15, 0.2) is 29.2 Å². The van der Waals surface area contributed by atoms with E-state index >= 15 is 0 Å². The first-order chi connectivity index (χ1) is 11.8. The minimum atomic E-state index is -3.83. The zero-order valence-corrected chi connectivity index (χ0v) is 15.5. The van der Waals surface area contributed by atoms with Gasteiger partial charge in [-0.25, -0.2) is 8.42 Å². The number of halogens is 1. The highest BCUT2D eigenvalue weighted by Gasteiger charge is 2.24. The van der Waals surface area contributed by atoms with E-state index in [2.05, 4.69) is 5.32 Å². The molecule has 1 fully saturated rings. The summed E-state index contributed by atoms with van der Waals surface area (Å²) in [5.74, 6) is -1.16. The van der Waals surface area contributed by atoms with E-state index in [1.165, 1.54) is 31.3 Å². The molecule has 1 amide bonds. The van der Waals surface area contributed by atoms with E-state index in [1.807, 2.05) is 0 Å². The van der Waals surface area contributed by atoms with Crippen molar-refractivity contribution in [2.75, 3.05) is 20.2 Å². The van der Waals surface area contributed by atoms with Crippen LogP contribution in [-0.4, -0.2) is 50.8 Å². The highest BCUT2D eigenvalue weighted by Crippen LogP contribution is 2.18. The van der Waals surface area contributed by atoms with Gasteiger partial charge in [0.1, 0.15) is 6.54 Å². The fourth-order valence-electron chi connectivity index (χ4n) is 2.58. The molecule has 0 bridgehead atoms. The number of amides is 1. The molecule has 0 saturated heterocycles. The van der Waals surface area contributed by atoms with Gasteiger partial charge in [0.15, 0.2) is 6.61 Å². The SMILES string of the molecule is CN(CC(=O)OCC(=O)NC1CCCC1)S(=O)(=O)c1ccc(Cl)cc1. The molecule has 25 heavy (non-hydrogen) atoms. The molecule has 1 aromatic carbocycles. The zero-order valence-electron chi connectivity index (χ0n) is 13.9. The molecule has 0 unspecified atom stereocenters. The van der Waals surface area contributed by atoms with E-state index < -0.39 is 29.1 Å². The van der Waals surface area contributed by atoms with E-state index in [0.717, 1.165) is 30.0 Å². The monoisotopic (exact) mass is 388 g/mol. The van der Waals surface area contributed by atoms with Crippen LogP contribution in [0.1, 0.15) is 25.7 Å². The molecule has 7 nitrogen and oxygen atoms in total. The summed E-state index contributed by atoms with van der Waals surface area (Å²) in [4.78, 5) is 23.5. The van der Waals surface area contributed by atoms with Crippen LogP contribution in [0.5, 0.6) is 0 Å². The number of benzene rings is 1. The fourth-order valence-corrected chi connectivity index (χ4v) is 3.83. The lowest BCUT2D eigenvalue weighted by atomic mass is 10.2. The van der Waals surface area contributed by atoms with Crippen molar-refractivity contribution in [1.82, 2.24) is 9.62 Å². The van der Waals surface area contributed by atoms with Crippen molar-refractivity contribution in [3.05, 3.63) is 29.3 Å². The molecular weight excluding hydrogens is 368 g/mol. The predicted octanol–water partition coefficient (Wildman–Crippen LogP) is 1.56. The van der Waals surface area contributed by atoms with Gasteiger partial charge in [0.25, 0.3) is 5.91 Å². The number of nitrogens with one attached hydrogen (secondary N) is 1. The number of rotatable bonds is 7. The highest BCUT2D eigenvalue weighted by molar-refractivity contribution is 7.89. The first-order valence-electron chi connectivity index (χ1n) is 7.96. The van der Waals surface area contributed by atoms with Gasteiger partial charge in [-0.05, 0) is 37.1 Å². The van der Waals surface area contributed by atoms with Crippen LogP contribution in [0.3, 0.4) is 0 Å². The summed E-state index contributed by atoms with van der Waals surface area (Å²) in [6, 6.07) is 5.75. The molecule has 1 aliphatic carbocycles. The van der Waals surface area contributed by atoms with Gasteiger partial charge in [-0.3, -0.25) is 9.59 Å². The van der Waals surface area contributed by atoms with Crippen molar-refractivity contribution in [1.29, 1.82) is 0 Å². The lowest BCUT2D eigenvalue weighted by Gasteiger charge is -2.17. The molecule has 0 heterocycles. The normalized spacial score (nSPS) is 15.3. The fraction of sp³-hybridized carbons (Fsp3) is 0.500. The second kappa shape index (κ2) is 8.64. The number of carbonyl (C=O) groups is 2. The van der Waals surface area contributed by atoms with E-state index in [9.17, 15) is 18.0 Å². The van der Waals surface area contributed by atoms with Crippen LogP contribution < -0.4 is 5.32 Å². The minimum Gasteiger partial charge on any atom is -0.455 e. The first kappa shape index (κ1) is 19.7. The Morgan fingerprint density at radius 3 is 2.44 bits per heavy atom. The van der Waals surface area contributed by atoms with Crippen LogP contribution in [0.2, 0.25) is 5.02 Å². The third-order valence-electron chi connectivity index (χ3n) is 3.96. The van der Waals surface area contributed by atoms with E-state index in [4.69, 9.17) is 16.3 Å². The third-order valence-corrected chi connectivity index (χ3v) is 6.03. The Morgan fingerprint density at radius 1 is 1.24 bits per heavy atom. The molecular formula is C16H21ClN2O5S. The smallest absolute Gasteiger partial charge is 0.321 e. The van der Waals surface area contributed by atoms with Crippen molar-refractivity contribution < 1.29 is 22.7 Å². The maximum absolute atomic E-state index is 12.3. The Labute approximate surface area is 152 Å². The van der Waals surface area contributed by atoms with Gasteiger partial charge < -0.3 is 10.1 Å². The number of hydrogen-bond donors (Lipinski definition) is 1. The minimum absolute atomic E-state index is 0.0196. The summed E-state index contributed by atoms with van der Waals surface area (Å²) in [6.07, 6.45) is 4.03. The number of carbonyl (C=O) groups excluding carboxylic acids is 2. The molecule has 2 rings (SSSR count). The maximum atomic E-state index is 12.3. The molecule has 1 aromatic rings. The summed E-state index contributed by atoms with van der Waals surface area (Å²) in [5, 5.41) is 3.20. The molecule has 1 aliphatic rings. The Kier molecular flexibility index (Phi) is 6.80. The molecule has 0 aliphatic heterocycles. The van der Waals surface area contributed by atoms with Gasteiger partial charge >= 0.3 is 5.97 Å². The Bertz CT molecular complexity index is 715. The molecule has 0 atom stereocenters. The van der Waals surface area contributed by atoms with Crippen molar-refractivity contribution in [2.24, 2.45) is 0 Å².